The highest BCUT2D eigenvalue weighted by molar-refractivity contribution is 5.82. The molecule has 0 aromatic heterocycles. The van der Waals surface area contributed by atoms with Crippen molar-refractivity contribution in [1.29, 1.82) is 0 Å². The molecule has 0 N–H and O–H groups in total. The van der Waals surface area contributed by atoms with Crippen LogP contribution >= 0.6 is 0 Å². The van der Waals surface area contributed by atoms with Gasteiger partial charge in [0.2, 0.25) is 0 Å². The van der Waals surface area contributed by atoms with Crippen molar-refractivity contribution in [3.05, 3.63) is 35.4 Å². The number of carbonyl (C=O) groups excluding carboxylic acids is 1. The zero-order chi connectivity index (χ0) is 13.8. The maximum absolute atomic E-state index is 12.4. The van der Waals surface area contributed by atoms with Gasteiger partial charge >= 0.3 is 5.97 Å². The molecule has 2 aliphatic carbocycles. The van der Waals surface area contributed by atoms with Crippen molar-refractivity contribution in [2.45, 2.75) is 52.1 Å². The molecule has 19 heavy (non-hydrogen) atoms. The van der Waals surface area contributed by atoms with Crippen LogP contribution < -0.4 is 0 Å². The van der Waals surface area contributed by atoms with E-state index in [1.165, 1.54) is 11.1 Å². The van der Waals surface area contributed by atoms with Gasteiger partial charge in [-0.2, -0.15) is 0 Å². The van der Waals surface area contributed by atoms with Crippen LogP contribution in [0.25, 0.3) is 0 Å². The molecule has 2 aliphatic rings. The van der Waals surface area contributed by atoms with Gasteiger partial charge in [0.05, 0.1) is 12.0 Å². The normalized spacial score (nSPS) is 30.5. The van der Waals surface area contributed by atoms with Crippen LogP contribution in [0.5, 0.6) is 0 Å². The minimum absolute atomic E-state index is 0.0169. The molecule has 0 aliphatic heterocycles. The Morgan fingerprint density at radius 2 is 2.00 bits per heavy atom. The van der Waals surface area contributed by atoms with Gasteiger partial charge in [-0.15, -0.1) is 0 Å². The van der Waals surface area contributed by atoms with Gasteiger partial charge in [-0.3, -0.25) is 4.79 Å². The predicted molar refractivity (Wildman–Crippen MR) is 74.9 cm³/mol. The number of carbonyl (C=O) groups is 1. The van der Waals surface area contributed by atoms with Gasteiger partial charge in [-0.25, -0.2) is 0 Å². The summed E-state index contributed by atoms with van der Waals surface area (Å²) in [6.07, 6.45) is 2.14. The van der Waals surface area contributed by atoms with E-state index in [0.717, 1.165) is 12.8 Å². The number of hydrogen-bond donors (Lipinski definition) is 0. The molecule has 2 heteroatoms. The van der Waals surface area contributed by atoms with Crippen molar-refractivity contribution in [3.63, 3.8) is 0 Å². The molecule has 3 rings (SSSR count). The molecule has 1 fully saturated rings. The summed E-state index contributed by atoms with van der Waals surface area (Å²) >= 11 is 0. The van der Waals surface area contributed by atoms with Crippen LogP contribution in [0.2, 0.25) is 0 Å². The van der Waals surface area contributed by atoms with Crippen molar-refractivity contribution in [1.82, 2.24) is 0 Å². The maximum Gasteiger partial charge on any atom is 0.310 e. The third-order valence-electron chi connectivity index (χ3n) is 5.16. The Labute approximate surface area is 115 Å². The van der Waals surface area contributed by atoms with Crippen LogP contribution in [0.15, 0.2) is 24.3 Å². The summed E-state index contributed by atoms with van der Waals surface area (Å²) in [6, 6.07) is 8.58. The summed E-state index contributed by atoms with van der Waals surface area (Å²) in [7, 11) is 0. The SMILES string of the molecule is CC(C)OC(=O)C1C(C)(C)C12CCc1ccccc12. The fourth-order valence-corrected chi connectivity index (χ4v) is 4.26. The van der Waals surface area contributed by atoms with Crippen molar-refractivity contribution >= 4 is 5.97 Å². The Bertz CT molecular complexity index is 530. The molecule has 0 bridgehead atoms. The van der Waals surface area contributed by atoms with Gasteiger partial charge in [-0.1, -0.05) is 38.1 Å². The zero-order valence-corrected chi connectivity index (χ0v) is 12.2. The Hall–Kier alpha value is -1.31. The zero-order valence-electron chi connectivity index (χ0n) is 12.2. The molecule has 0 amide bonds. The monoisotopic (exact) mass is 258 g/mol. The van der Waals surface area contributed by atoms with Gasteiger partial charge in [0, 0.05) is 5.41 Å². The van der Waals surface area contributed by atoms with Crippen LogP contribution in [0, 0.1) is 11.3 Å². The van der Waals surface area contributed by atoms with Crippen molar-refractivity contribution < 1.29 is 9.53 Å². The Kier molecular flexibility index (Phi) is 2.57. The molecule has 2 atom stereocenters. The minimum Gasteiger partial charge on any atom is -0.463 e. The highest BCUT2D eigenvalue weighted by Gasteiger charge is 2.76. The highest BCUT2D eigenvalue weighted by atomic mass is 16.5. The largest absolute Gasteiger partial charge is 0.463 e. The number of benzene rings is 1. The van der Waals surface area contributed by atoms with Crippen molar-refractivity contribution in [2.24, 2.45) is 11.3 Å². The molecule has 1 aromatic carbocycles. The molecular weight excluding hydrogens is 236 g/mol. The summed E-state index contributed by atoms with van der Waals surface area (Å²) < 4.78 is 5.47. The van der Waals surface area contributed by atoms with Gasteiger partial charge in [0.15, 0.2) is 0 Å². The lowest BCUT2D eigenvalue weighted by Gasteiger charge is -2.14. The molecule has 102 valence electrons. The number of ether oxygens (including phenoxy) is 1. The summed E-state index contributed by atoms with van der Waals surface area (Å²) in [5.74, 6) is 0.00255. The Morgan fingerprint density at radius 3 is 2.68 bits per heavy atom. The summed E-state index contributed by atoms with van der Waals surface area (Å²) in [6.45, 7) is 8.26. The van der Waals surface area contributed by atoms with Crippen molar-refractivity contribution in [3.8, 4) is 0 Å². The van der Waals surface area contributed by atoms with E-state index in [1.807, 2.05) is 13.8 Å². The van der Waals surface area contributed by atoms with E-state index < -0.39 is 0 Å². The predicted octanol–water partition coefficient (Wildman–Crippen LogP) is 3.48. The van der Waals surface area contributed by atoms with Gasteiger partial charge in [0.1, 0.15) is 0 Å². The molecular formula is C17H22O2. The average molecular weight is 258 g/mol. The van der Waals surface area contributed by atoms with E-state index >= 15 is 0 Å². The minimum atomic E-state index is -0.0300. The molecule has 0 heterocycles. The van der Waals surface area contributed by atoms with Crippen LogP contribution in [0.3, 0.4) is 0 Å². The number of hydrogen-bond acceptors (Lipinski definition) is 2. The first-order valence-corrected chi connectivity index (χ1v) is 7.20. The summed E-state index contributed by atoms with van der Waals surface area (Å²) in [5.41, 5.74) is 2.84. The molecule has 0 saturated heterocycles. The van der Waals surface area contributed by atoms with E-state index in [4.69, 9.17) is 4.74 Å². The number of rotatable bonds is 2. The maximum atomic E-state index is 12.4. The first-order chi connectivity index (χ1) is 8.91. The molecule has 1 saturated carbocycles. The first kappa shape index (κ1) is 12.7. The Morgan fingerprint density at radius 1 is 1.32 bits per heavy atom. The Balaban J connectivity index is 1.97. The van der Waals surface area contributed by atoms with Crippen molar-refractivity contribution in [2.75, 3.05) is 0 Å². The molecule has 2 unspecified atom stereocenters. The number of fused-ring (bicyclic) bond motifs is 2. The lowest BCUT2D eigenvalue weighted by Crippen LogP contribution is -2.18. The second-order valence-corrected chi connectivity index (χ2v) is 6.77. The quantitative estimate of drug-likeness (QED) is 0.759. The third-order valence-corrected chi connectivity index (χ3v) is 5.16. The van der Waals surface area contributed by atoms with Gasteiger partial charge < -0.3 is 4.74 Å². The average Bonchev–Trinajstić information content (AvgIpc) is 2.64. The topological polar surface area (TPSA) is 26.3 Å². The van der Waals surface area contributed by atoms with E-state index in [2.05, 4.69) is 38.1 Å². The van der Waals surface area contributed by atoms with E-state index in [-0.39, 0.29) is 28.8 Å². The first-order valence-electron chi connectivity index (χ1n) is 7.20. The fourth-order valence-electron chi connectivity index (χ4n) is 4.26. The second-order valence-electron chi connectivity index (χ2n) is 6.77. The smallest absolute Gasteiger partial charge is 0.310 e. The lowest BCUT2D eigenvalue weighted by atomic mass is 9.89. The lowest BCUT2D eigenvalue weighted by molar-refractivity contribution is -0.150. The summed E-state index contributed by atoms with van der Waals surface area (Å²) in [4.78, 5) is 12.4. The standard InChI is InChI=1S/C17H22O2/c1-11(2)19-15(18)14-16(3,4)17(14)10-9-12-7-5-6-8-13(12)17/h5-8,11,14H,9-10H2,1-4H3. The van der Waals surface area contributed by atoms with E-state index in [9.17, 15) is 4.79 Å². The second kappa shape index (κ2) is 3.84. The number of aryl methyl sites for hydroxylation is 1. The van der Waals surface area contributed by atoms with Gasteiger partial charge in [0.25, 0.3) is 0 Å². The molecule has 1 spiro atoms. The fraction of sp³-hybridized carbons (Fsp3) is 0.588. The highest BCUT2D eigenvalue weighted by Crippen LogP contribution is 2.74. The third kappa shape index (κ3) is 1.52. The van der Waals surface area contributed by atoms with Crippen LogP contribution in [-0.4, -0.2) is 12.1 Å². The van der Waals surface area contributed by atoms with Crippen LogP contribution in [-0.2, 0) is 21.4 Å². The molecule has 1 aromatic rings. The van der Waals surface area contributed by atoms with E-state index in [0.29, 0.717) is 0 Å². The van der Waals surface area contributed by atoms with Crippen LogP contribution in [0.4, 0.5) is 0 Å². The number of esters is 1. The van der Waals surface area contributed by atoms with E-state index in [1.54, 1.807) is 0 Å². The summed E-state index contributed by atoms with van der Waals surface area (Å²) in [5, 5.41) is 0. The molecule has 2 nitrogen and oxygen atoms in total. The molecule has 0 radical (unpaired) electrons. The van der Waals surface area contributed by atoms with Gasteiger partial charge in [-0.05, 0) is 43.2 Å². The van der Waals surface area contributed by atoms with Crippen LogP contribution in [0.1, 0.15) is 45.2 Å².